The van der Waals surface area contributed by atoms with Crippen molar-refractivity contribution >= 4 is 5.90 Å². The lowest BCUT2D eigenvalue weighted by molar-refractivity contribution is 0.317. The van der Waals surface area contributed by atoms with Gasteiger partial charge in [0.1, 0.15) is 29.8 Å². The summed E-state index contributed by atoms with van der Waals surface area (Å²) in [6.07, 6.45) is 0. The van der Waals surface area contributed by atoms with E-state index in [0.29, 0.717) is 0 Å². The largest absolute Gasteiger partial charge is 0.475 e. The zero-order chi connectivity index (χ0) is 16.4. The fraction of sp³-hybridized carbons (Fsp3) is 0.278. The lowest BCUT2D eigenvalue weighted by Gasteiger charge is -2.11. The summed E-state index contributed by atoms with van der Waals surface area (Å²) in [7, 11) is 4.02. The lowest BCUT2D eigenvalue weighted by Crippen LogP contribution is -2.10. The van der Waals surface area contributed by atoms with Gasteiger partial charge in [0, 0.05) is 6.54 Å². The molecule has 0 aliphatic carbocycles. The van der Waals surface area contributed by atoms with Crippen molar-refractivity contribution in [2.75, 3.05) is 20.7 Å². The first-order valence-electron chi connectivity index (χ1n) is 7.43. The summed E-state index contributed by atoms with van der Waals surface area (Å²) >= 11 is 0. The monoisotopic (exact) mass is 316 g/mol. The Hall–Kier alpha value is -2.27. The van der Waals surface area contributed by atoms with Gasteiger partial charge in [-0.3, -0.25) is 0 Å². The van der Waals surface area contributed by atoms with Crippen molar-refractivity contribution in [2.45, 2.75) is 12.6 Å². The zero-order valence-corrected chi connectivity index (χ0v) is 13.1. The molecule has 3 nitrogen and oxygen atoms in total. The van der Waals surface area contributed by atoms with E-state index in [0.717, 1.165) is 12.1 Å². The second kappa shape index (κ2) is 6.46. The standard InChI is InChI=1S/C18H18F2N2O/c1-22(2)10-12-6-8-13(9-7-12)16-11-23-18(21-16)17-14(19)4-3-5-15(17)20/h3-9,16H,10-11H2,1-2H3. The summed E-state index contributed by atoms with van der Waals surface area (Å²) in [6.45, 7) is 1.15. The van der Waals surface area contributed by atoms with Crippen molar-refractivity contribution in [3.63, 3.8) is 0 Å². The van der Waals surface area contributed by atoms with Crippen molar-refractivity contribution in [3.05, 3.63) is 70.8 Å². The van der Waals surface area contributed by atoms with Crippen LogP contribution in [0.15, 0.2) is 47.5 Å². The Morgan fingerprint density at radius 2 is 1.74 bits per heavy atom. The van der Waals surface area contributed by atoms with E-state index in [4.69, 9.17) is 4.74 Å². The Bertz CT molecular complexity index is 706. The number of hydrogen-bond acceptors (Lipinski definition) is 3. The quantitative estimate of drug-likeness (QED) is 0.862. The highest BCUT2D eigenvalue weighted by Gasteiger charge is 2.25. The van der Waals surface area contributed by atoms with Crippen LogP contribution in [0.4, 0.5) is 8.78 Å². The second-order valence-electron chi connectivity index (χ2n) is 5.84. The Morgan fingerprint density at radius 1 is 1.09 bits per heavy atom. The third kappa shape index (κ3) is 3.40. The number of benzene rings is 2. The average molecular weight is 316 g/mol. The topological polar surface area (TPSA) is 24.8 Å². The Balaban J connectivity index is 1.82. The molecular weight excluding hydrogens is 298 g/mol. The van der Waals surface area contributed by atoms with E-state index in [1.807, 2.05) is 38.4 Å². The van der Waals surface area contributed by atoms with Crippen LogP contribution in [0.3, 0.4) is 0 Å². The summed E-state index contributed by atoms with van der Waals surface area (Å²) in [5.41, 5.74) is 1.97. The minimum Gasteiger partial charge on any atom is -0.475 e. The number of aliphatic imine (C=N–C) groups is 1. The van der Waals surface area contributed by atoms with Crippen LogP contribution in [0.25, 0.3) is 0 Å². The van der Waals surface area contributed by atoms with Gasteiger partial charge in [-0.1, -0.05) is 30.3 Å². The third-order valence-corrected chi connectivity index (χ3v) is 3.69. The fourth-order valence-corrected chi connectivity index (χ4v) is 2.59. The molecule has 0 aromatic heterocycles. The van der Waals surface area contributed by atoms with E-state index in [1.165, 1.54) is 23.8 Å². The van der Waals surface area contributed by atoms with E-state index in [2.05, 4.69) is 9.89 Å². The average Bonchev–Trinajstić information content (AvgIpc) is 2.97. The third-order valence-electron chi connectivity index (χ3n) is 3.69. The van der Waals surface area contributed by atoms with Crippen molar-refractivity contribution in [1.29, 1.82) is 0 Å². The van der Waals surface area contributed by atoms with E-state index in [1.54, 1.807) is 0 Å². The van der Waals surface area contributed by atoms with Crippen LogP contribution < -0.4 is 0 Å². The van der Waals surface area contributed by atoms with Crippen molar-refractivity contribution in [1.82, 2.24) is 4.90 Å². The summed E-state index contributed by atoms with van der Waals surface area (Å²) in [5.74, 6) is -1.29. The molecule has 0 amide bonds. The molecule has 0 saturated heterocycles. The molecule has 2 aromatic carbocycles. The normalized spacial score (nSPS) is 17.3. The van der Waals surface area contributed by atoms with E-state index < -0.39 is 11.6 Å². The van der Waals surface area contributed by atoms with Crippen LogP contribution in [0.1, 0.15) is 22.7 Å². The molecule has 0 N–H and O–H groups in total. The molecule has 5 heteroatoms. The molecule has 0 spiro atoms. The highest BCUT2D eigenvalue weighted by atomic mass is 19.1. The molecule has 0 radical (unpaired) electrons. The minimum atomic E-state index is -0.661. The van der Waals surface area contributed by atoms with Crippen LogP contribution in [-0.2, 0) is 11.3 Å². The van der Waals surface area contributed by atoms with Crippen LogP contribution in [0.5, 0.6) is 0 Å². The predicted octanol–water partition coefficient (Wildman–Crippen LogP) is 3.54. The summed E-state index contributed by atoms with van der Waals surface area (Å²) < 4.78 is 33.0. The minimum absolute atomic E-state index is 0.0305. The molecule has 0 saturated carbocycles. The second-order valence-corrected chi connectivity index (χ2v) is 5.84. The highest BCUT2D eigenvalue weighted by molar-refractivity contribution is 5.95. The van der Waals surface area contributed by atoms with Gasteiger partial charge >= 0.3 is 0 Å². The smallest absolute Gasteiger partial charge is 0.222 e. The number of halogens is 2. The maximum Gasteiger partial charge on any atom is 0.222 e. The lowest BCUT2D eigenvalue weighted by atomic mass is 10.1. The van der Waals surface area contributed by atoms with Gasteiger partial charge in [-0.15, -0.1) is 0 Å². The van der Waals surface area contributed by atoms with Crippen LogP contribution in [-0.4, -0.2) is 31.5 Å². The SMILES string of the molecule is CN(C)Cc1ccc(C2COC(c3c(F)cccc3F)=N2)cc1. The van der Waals surface area contributed by atoms with Gasteiger partial charge in [0.15, 0.2) is 0 Å². The first kappa shape index (κ1) is 15.6. The molecule has 0 fully saturated rings. The van der Waals surface area contributed by atoms with Gasteiger partial charge in [0.25, 0.3) is 0 Å². The van der Waals surface area contributed by atoms with Crippen LogP contribution in [0.2, 0.25) is 0 Å². The maximum atomic E-state index is 13.8. The Morgan fingerprint density at radius 3 is 2.35 bits per heavy atom. The first-order valence-corrected chi connectivity index (χ1v) is 7.43. The Labute approximate surface area is 134 Å². The van der Waals surface area contributed by atoms with Gasteiger partial charge in [0.2, 0.25) is 5.90 Å². The number of nitrogens with zero attached hydrogens (tertiary/aromatic N) is 2. The molecular formula is C18H18F2N2O. The zero-order valence-electron chi connectivity index (χ0n) is 13.1. The maximum absolute atomic E-state index is 13.8. The molecule has 1 heterocycles. The van der Waals surface area contributed by atoms with E-state index in [9.17, 15) is 8.78 Å². The predicted molar refractivity (Wildman–Crippen MR) is 85.4 cm³/mol. The van der Waals surface area contributed by atoms with E-state index in [-0.39, 0.29) is 24.1 Å². The number of rotatable bonds is 4. The van der Waals surface area contributed by atoms with Crippen molar-refractivity contribution < 1.29 is 13.5 Å². The van der Waals surface area contributed by atoms with Gasteiger partial charge in [-0.25, -0.2) is 13.8 Å². The molecule has 1 unspecified atom stereocenters. The number of ether oxygens (including phenoxy) is 1. The van der Waals surface area contributed by atoms with Gasteiger partial charge in [-0.2, -0.15) is 0 Å². The molecule has 1 aliphatic rings. The molecule has 23 heavy (non-hydrogen) atoms. The molecule has 1 aliphatic heterocycles. The highest BCUT2D eigenvalue weighted by Crippen LogP contribution is 2.27. The van der Waals surface area contributed by atoms with E-state index >= 15 is 0 Å². The summed E-state index contributed by atoms with van der Waals surface area (Å²) in [6, 6.07) is 11.5. The molecule has 3 rings (SSSR count). The van der Waals surface area contributed by atoms with Gasteiger partial charge < -0.3 is 9.64 Å². The van der Waals surface area contributed by atoms with Crippen molar-refractivity contribution in [3.8, 4) is 0 Å². The van der Waals surface area contributed by atoms with Gasteiger partial charge in [-0.05, 0) is 37.4 Å². The molecule has 0 bridgehead atoms. The first-order chi connectivity index (χ1) is 11.0. The van der Waals surface area contributed by atoms with Crippen LogP contribution >= 0.6 is 0 Å². The van der Waals surface area contributed by atoms with Crippen LogP contribution in [0, 0.1) is 11.6 Å². The molecule has 120 valence electrons. The van der Waals surface area contributed by atoms with Crippen molar-refractivity contribution in [2.24, 2.45) is 4.99 Å². The molecule has 1 atom stereocenters. The number of hydrogen-bond donors (Lipinski definition) is 0. The van der Waals surface area contributed by atoms with Gasteiger partial charge in [0.05, 0.1) is 0 Å². The summed E-state index contributed by atoms with van der Waals surface area (Å²) in [5, 5.41) is 0. The Kier molecular flexibility index (Phi) is 4.39. The molecule has 2 aromatic rings. The fourth-order valence-electron chi connectivity index (χ4n) is 2.59. The summed E-state index contributed by atoms with van der Waals surface area (Å²) in [4.78, 5) is 6.43.